The molecule has 0 saturated carbocycles. The molecule has 0 aliphatic heterocycles. The number of aromatic nitrogens is 7. The first-order chi connectivity index (χ1) is 22.3. The number of imidazole rings is 1. The van der Waals surface area contributed by atoms with Gasteiger partial charge in [-0.2, -0.15) is 0 Å². The number of nitrogens with zero attached hydrogens (tertiary/aromatic N) is 6. The summed E-state index contributed by atoms with van der Waals surface area (Å²) < 4.78 is 13.8. The Morgan fingerprint density at radius 2 is 1.56 bits per heavy atom. The van der Waals surface area contributed by atoms with E-state index in [1.165, 1.54) is 11.5 Å². The van der Waals surface area contributed by atoms with Gasteiger partial charge < -0.3 is 9.40 Å². The molecule has 11 heteroatoms. The minimum Gasteiger partial charge on any atom is -0.453 e. The zero-order valence-corrected chi connectivity index (χ0v) is 25.5. The van der Waals surface area contributed by atoms with Crippen molar-refractivity contribution in [2.24, 2.45) is 0 Å². The number of thiazole rings is 1. The molecule has 0 unspecified atom stereocenters. The highest BCUT2D eigenvalue weighted by Crippen LogP contribution is 2.49. The van der Waals surface area contributed by atoms with Gasteiger partial charge in [0.1, 0.15) is 33.3 Å². The summed E-state index contributed by atoms with van der Waals surface area (Å²) in [5.41, 5.74) is 9.57. The normalized spacial score (nSPS) is 12.0. The maximum Gasteiger partial charge on any atom is 0.153 e. The molecule has 0 bridgehead atoms. The van der Waals surface area contributed by atoms with Crippen molar-refractivity contribution < 1.29 is 4.42 Å². The lowest BCUT2D eigenvalue weighted by molar-refractivity contribution is 0.633. The SMILES string of the molecule is c1ccc2[nH]c(-c3cc4sc(-c5cc6ncccc6o5)c(-c5cccc6snnc56)c4nc3-c3nc4ccccc4s3)nc2c1. The van der Waals surface area contributed by atoms with Gasteiger partial charge in [-0.3, -0.25) is 4.98 Å². The van der Waals surface area contributed by atoms with Gasteiger partial charge in [-0.05, 0) is 60.1 Å². The number of fused-ring (bicyclic) bond motifs is 5. The molecule has 0 spiro atoms. The van der Waals surface area contributed by atoms with E-state index in [9.17, 15) is 0 Å². The number of para-hydroxylation sites is 3. The van der Waals surface area contributed by atoms with Gasteiger partial charge in [-0.1, -0.05) is 40.9 Å². The number of aromatic amines is 1. The van der Waals surface area contributed by atoms with Crippen LogP contribution < -0.4 is 0 Å². The van der Waals surface area contributed by atoms with Gasteiger partial charge >= 0.3 is 0 Å². The lowest BCUT2D eigenvalue weighted by Gasteiger charge is -2.07. The lowest BCUT2D eigenvalue weighted by Crippen LogP contribution is -1.92. The van der Waals surface area contributed by atoms with E-state index in [-0.39, 0.29) is 0 Å². The van der Waals surface area contributed by atoms with Crippen molar-refractivity contribution in [2.45, 2.75) is 0 Å². The van der Waals surface area contributed by atoms with Crippen LogP contribution in [0.25, 0.3) is 96.6 Å². The van der Waals surface area contributed by atoms with E-state index in [0.29, 0.717) is 0 Å². The third-order valence-corrected chi connectivity index (χ3v) is 10.7. The standard InChI is InChI=1S/C34H17N7OS3/c1-2-9-20-19(8-1)36-33(37-20)18-15-27-31(39-30(18)34-38-21-10-3-4-12-25(21)44-34)28(17-7-5-13-26-29(17)40-41-45-26)32(43-27)24-16-22-23(42-24)11-6-14-35-22/h1-16H,(H,36,37). The van der Waals surface area contributed by atoms with E-state index >= 15 is 0 Å². The molecule has 3 aromatic carbocycles. The van der Waals surface area contributed by atoms with E-state index in [1.54, 1.807) is 28.9 Å². The molecule has 0 amide bonds. The number of H-pyrrole nitrogens is 1. The minimum atomic E-state index is 0.730. The number of benzene rings is 3. The molecular weight excluding hydrogens is 619 g/mol. The van der Waals surface area contributed by atoms with E-state index < -0.39 is 0 Å². The molecule has 0 saturated heterocycles. The second-order valence-corrected chi connectivity index (χ2v) is 13.4. The number of hydrogen-bond acceptors (Lipinski definition) is 10. The molecule has 0 fully saturated rings. The monoisotopic (exact) mass is 635 g/mol. The summed E-state index contributed by atoms with van der Waals surface area (Å²) in [4.78, 5) is 24.5. The fraction of sp³-hybridized carbons (Fsp3) is 0. The first kappa shape index (κ1) is 25.0. The van der Waals surface area contributed by atoms with Crippen LogP contribution in [0, 0.1) is 0 Å². The quantitative estimate of drug-likeness (QED) is 0.205. The molecule has 212 valence electrons. The molecule has 7 aromatic heterocycles. The van der Waals surface area contributed by atoms with E-state index in [2.05, 4.69) is 37.8 Å². The number of furan rings is 1. The summed E-state index contributed by atoms with van der Waals surface area (Å²) in [6.07, 6.45) is 1.78. The molecule has 0 radical (unpaired) electrons. The minimum absolute atomic E-state index is 0.730. The van der Waals surface area contributed by atoms with Crippen LogP contribution in [0.5, 0.6) is 0 Å². The maximum atomic E-state index is 6.41. The molecule has 10 aromatic rings. The number of pyridine rings is 2. The summed E-state index contributed by atoms with van der Waals surface area (Å²) in [7, 11) is 0. The molecule has 0 aliphatic rings. The van der Waals surface area contributed by atoms with Gasteiger partial charge in [-0.15, -0.1) is 27.8 Å². The van der Waals surface area contributed by atoms with Crippen LogP contribution in [-0.4, -0.2) is 34.5 Å². The number of hydrogen-bond donors (Lipinski definition) is 1. The molecule has 8 nitrogen and oxygen atoms in total. The number of thiophene rings is 1. The summed E-state index contributed by atoms with van der Waals surface area (Å²) in [5, 5.41) is 5.36. The maximum absolute atomic E-state index is 6.41. The van der Waals surface area contributed by atoms with Crippen molar-refractivity contribution in [3.8, 4) is 43.9 Å². The first-order valence-corrected chi connectivity index (χ1v) is 16.5. The topological polar surface area (TPSA) is 106 Å². The highest BCUT2D eigenvalue weighted by atomic mass is 32.1. The average molecular weight is 636 g/mol. The Morgan fingerprint density at radius 3 is 2.47 bits per heavy atom. The second kappa shape index (κ2) is 9.57. The highest BCUT2D eigenvalue weighted by molar-refractivity contribution is 7.23. The molecule has 1 N–H and O–H groups in total. The van der Waals surface area contributed by atoms with Gasteiger partial charge in [0.25, 0.3) is 0 Å². The molecule has 0 atom stereocenters. The van der Waals surface area contributed by atoms with Crippen LogP contribution in [0.4, 0.5) is 0 Å². The Bertz CT molecular complexity index is 2650. The lowest BCUT2D eigenvalue weighted by atomic mass is 10.0. The fourth-order valence-corrected chi connectivity index (χ4v) is 8.54. The van der Waals surface area contributed by atoms with E-state index in [1.807, 2.05) is 72.8 Å². The molecule has 7 heterocycles. The Labute approximate surface area is 265 Å². The van der Waals surface area contributed by atoms with Crippen molar-refractivity contribution in [3.05, 3.63) is 97.2 Å². The van der Waals surface area contributed by atoms with Crippen LogP contribution in [-0.2, 0) is 0 Å². The second-order valence-electron chi connectivity index (χ2n) is 10.5. The van der Waals surface area contributed by atoms with Crippen molar-refractivity contribution in [2.75, 3.05) is 0 Å². The summed E-state index contributed by atoms with van der Waals surface area (Å²) in [6.45, 7) is 0. The van der Waals surface area contributed by atoms with Crippen molar-refractivity contribution in [1.82, 2.24) is 34.5 Å². The van der Waals surface area contributed by atoms with Gasteiger partial charge in [-0.25, -0.2) is 15.0 Å². The third-order valence-electron chi connectivity index (χ3n) is 7.86. The number of nitrogens with one attached hydrogen (secondary N) is 1. The Morgan fingerprint density at radius 1 is 0.667 bits per heavy atom. The van der Waals surface area contributed by atoms with Gasteiger partial charge in [0.15, 0.2) is 5.58 Å². The van der Waals surface area contributed by atoms with Gasteiger partial charge in [0.2, 0.25) is 0 Å². The van der Waals surface area contributed by atoms with Crippen LogP contribution >= 0.6 is 34.2 Å². The van der Waals surface area contributed by atoms with Crippen molar-refractivity contribution in [3.63, 3.8) is 0 Å². The summed E-state index contributed by atoms with van der Waals surface area (Å²) >= 11 is 4.64. The number of rotatable bonds is 4. The fourth-order valence-electron chi connectivity index (χ4n) is 5.83. The molecule has 0 aliphatic carbocycles. The largest absolute Gasteiger partial charge is 0.453 e. The van der Waals surface area contributed by atoms with Crippen molar-refractivity contribution >= 4 is 87.0 Å². The van der Waals surface area contributed by atoms with E-state index in [0.717, 1.165) is 96.6 Å². The Hall–Kier alpha value is -5.36. The average Bonchev–Trinajstić information content (AvgIpc) is 3.90. The summed E-state index contributed by atoms with van der Waals surface area (Å²) in [5.74, 6) is 1.48. The van der Waals surface area contributed by atoms with Crippen LogP contribution in [0.2, 0.25) is 0 Å². The zero-order chi connectivity index (χ0) is 29.5. The van der Waals surface area contributed by atoms with Crippen molar-refractivity contribution in [1.29, 1.82) is 0 Å². The molecular formula is C34H17N7OS3. The predicted molar refractivity (Wildman–Crippen MR) is 183 cm³/mol. The molecule has 10 rings (SSSR count). The zero-order valence-electron chi connectivity index (χ0n) is 23.1. The first-order valence-electron chi connectivity index (χ1n) is 14.1. The van der Waals surface area contributed by atoms with Crippen LogP contribution in [0.15, 0.2) is 102 Å². The Kier molecular flexibility index (Phi) is 5.32. The Balaban J connectivity index is 1.32. The third kappa shape index (κ3) is 3.88. The summed E-state index contributed by atoms with van der Waals surface area (Å²) in [6, 6.07) is 30.4. The van der Waals surface area contributed by atoms with Gasteiger partial charge in [0.05, 0.1) is 41.0 Å². The van der Waals surface area contributed by atoms with Crippen LogP contribution in [0.1, 0.15) is 0 Å². The molecule has 45 heavy (non-hydrogen) atoms. The predicted octanol–water partition coefficient (Wildman–Crippen LogP) is 9.60. The smallest absolute Gasteiger partial charge is 0.153 e. The van der Waals surface area contributed by atoms with Crippen LogP contribution in [0.3, 0.4) is 0 Å². The van der Waals surface area contributed by atoms with Gasteiger partial charge in [0, 0.05) is 29.0 Å². The highest BCUT2D eigenvalue weighted by Gasteiger charge is 2.26. The van der Waals surface area contributed by atoms with E-state index in [4.69, 9.17) is 19.4 Å².